The van der Waals surface area contributed by atoms with Gasteiger partial charge in [-0.05, 0) is 109 Å². The highest BCUT2D eigenvalue weighted by Crippen LogP contribution is 2.32. The predicted molar refractivity (Wildman–Crippen MR) is 193 cm³/mol. The van der Waals surface area contributed by atoms with Crippen LogP contribution in [0.5, 0.6) is 0 Å². The molecule has 1 fully saturated rings. The van der Waals surface area contributed by atoms with E-state index in [0.717, 1.165) is 59.4 Å². The van der Waals surface area contributed by atoms with Crippen molar-refractivity contribution in [3.63, 3.8) is 0 Å². The van der Waals surface area contributed by atoms with Gasteiger partial charge in [-0.3, -0.25) is 14.4 Å². The van der Waals surface area contributed by atoms with Gasteiger partial charge in [0.05, 0.1) is 5.57 Å². The van der Waals surface area contributed by atoms with Crippen LogP contribution in [0.4, 0.5) is 0 Å². The molecule has 0 saturated heterocycles. The largest absolute Gasteiger partial charge is 0.298 e. The number of Topliss-reactive ketones (excluding diaryl/α,β-unsaturated/α-hetero) is 2. The van der Waals surface area contributed by atoms with Crippen LogP contribution in [0.2, 0.25) is 0 Å². The molecule has 1 atom stereocenters. The van der Waals surface area contributed by atoms with Crippen LogP contribution in [0.3, 0.4) is 0 Å². The van der Waals surface area contributed by atoms with Crippen molar-refractivity contribution in [1.29, 1.82) is 0 Å². The van der Waals surface area contributed by atoms with E-state index < -0.39 is 0 Å². The van der Waals surface area contributed by atoms with Crippen molar-refractivity contribution >= 4 is 23.4 Å². The molecule has 242 valence electrons. The molecule has 0 radical (unpaired) electrons. The Kier molecular flexibility index (Phi) is 13.4. The van der Waals surface area contributed by atoms with E-state index in [1.807, 2.05) is 12.1 Å². The van der Waals surface area contributed by atoms with Gasteiger partial charge in [-0.25, -0.2) is 0 Å². The first-order valence-electron chi connectivity index (χ1n) is 16.5. The van der Waals surface area contributed by atoms with Gasteiger partial charge in [0.1, 0.15) is 0 Å². The lowest BCUT2D eigenvalue weighted by Crippen LogP contribution is -2.21. The van der Waals surface area contributed by atoms with Crippen molar-refractivity contribution in [3.8, 4) is 0 Å². The van der Waals surface area contributed by atoms with Gasteiger partial charge in [0, 0.05) is 17.4 Å². The number of hydrogen-bond acceptors (Lipinski definition) is 3. The lowest BCUT2D eigenvalue weighted by Gasteiger charge is -2.25. The fourth-order valence-corrected chi connectivity index (χ4v) is 6.41. The van der Waals surface area contributed by atoms with Gasteiger partial charge in [-0.1, -0.05) is 114 Å². The molecule has 0 amide bonds. The second-order valence-corrected chi connectivity index (χ2v) is 12.8. The number of aldehydes is 1. The maximum absolute atomic E-state index is 13.0. The Balaban J connectivity index is 0.000000257. The third-order valence-electron chi connectivity index (χ3n) is 9.54. The average Bonchev–Trinajstić information content (AvgIpc) is 3.06. The molecule has 5 rings (SSSR count). The van der Waals surface area contributed by atoms with Crippen molar-refractivity contribution in [2.45, 2.75) is 87.0 Å². The van der Waals surface area contributed by atoms with Crippen LogP contribution in [-0.2, 0) is 28.9 Å². The van der Waals surface area contributed by atoms with Crippen molar-refractivity contribution < 1.29 is 14.4 Å². The lowest BCUT2D eigenvalue weighted by molar-refractivity contribution is -0.119. The zero-order valence-electron chi connectivity index (χ0n) is 27.7. The summed E-state index contributed by atoms with van der Waals surface area (Å²) in [6.45, 7) is 15.1. The van der Waals surface area contributed by atoms with Crippen molar-refractivity contribution in [2.75, 3.05) is 0 Å². The third-order valence-corrected chi connectivity index (χ3v) is 9.54. The van der Waals surface area contributed by atoms with Crippen LogP contribution < -0.4 is 0 Å². The number of carbonyl (C=O) groups excluding carboxylic acids is 3. The minimum absolute atomic E-state index is 0. The van der Waals surface area contributed by atoms with Gasteiger partial charge in [0.15, 0.2) is 17.9 Å². The number of benzene rings is 3. The molecule has 46 heavy (non-hydrogen) atoms. The van der Waals surface area contributed by atoms with Gasteiger partial charge in [0.2, 0.25) is 0 Å². The van der Waals surface area contributed by atoms with Gasteiger partial charge in [-0.15, -0.1) is 0 Å². The SMILES string of the molecule is C.C=C(c1cccc(CC)c1)c1cc(C(=O)C2CCC(C)CC2)ccc1C.CCc1cc(CC2C=CC=C(C=O)C2=O)ccc1C. The molecule has 0 spiro atoms. The van der Waals surface area contributed by atoms with Crippen LogP contribution in [0.1, 0.15) is 103 Å². The predicted octanol–water partition coefficient (Wildman–Crippen LogP) is 10.2. The summed E-state index contributed by atoms with van der Waals surface area (Å²) in [5.41, 5.74) is 10.6. The van der Waals surface area contributed by atoms with E-state index in [9.17, 15) is 14.4 Å². The quantitative estimate of drug-likeness (QED) is 0.137. The minimum atomic E-state index is -0.211. The fourth-order valence-electron chi connectivity index (χ4n) is 6.41. The fraction of sp³-hybridized carbons (Fsp3) is 0.372. The maximum Gasteiger partial charge on any atom is 0.173 e. The van der Waals surface area contributed by atoms with E-state index in [1.165, 1.54) is 35.1 Å². The van der Waals surface area contributed by atoms with E-state index in [0.29, 0.717) is 18.5 Å². The van der Waals surface area contributed by atoms with Crippen molar-refractivity contribution in [2.24, 2.45) is 17.8 Å². The maximum atomic E-state index is 13.0. The summed E-state index contributed by atoms with van der Waals surface area (Å²) in [5, 5.41) is 0. The Hall–Kier alpha value is -4.11. The second-order valence-electron chi connectivity index (χ2n) is 12.8. The van der Waals surface area contributed by atoms with E-state index in [4.69, 9.17) is 0 Å². The van der Waals surface area contributed by atoms with Crippen LogP contribution in [-0.4, -0.2) is 17.9 Å². The highest BCUT2D eigenvalue weighted by Gasteiger charge is 2.26. The molecule has 0 heterocycles. The van der Waals surface area contributed by atoms with Crippen molar-refractivity contribution in [3.05, 3.63) is 136 Å². The van der Waals surface area contributed by atoms with Crippen molar-refractivity contribution in [1.82, 2.24) is 0 Å². The number of carbonyl (C=O) groups is 3. The van der Waals surface area contributed by atoms with Gasteiger partial charge in [0.25, 0.3) is 0 Å². The summed E-state index contributed by atoms with van der Waals surface area (Å²) in [5.74, 6) is 0.985. The summed E-state index contributed by atoms with van der Waals surface area (Å²) in [4.78, 5) is 35.8. The third kappa shape index (κ3) is 9.00. The normalized spacial score (nSPS) is 18.8. The topological polar surface area (TPSA) is 51.2 Å². The number of aryl methyl sites for hydroxylation is 4. The molecular formula is C43H52O3. The number of hydrogen-bond donors (Lipinski definition) is 0. The lowest BCUT2D eigenvalue weighted by atomic mass is 9.79. The second kappa shape index (κ2) is 17.0. The molecule has 0 bridgehead atoms. The number of allylic oxidation sites excluding steroid dienone is 4. The molecule has 0 N–H and O–H groups in total. The Labute approximate surface area is 277 Å². The van der Waals surface area contributed by atoms with Crippen LogP contribution in [0, 0.1) is 31.6 Å². The molecule has 3 heteroatoms. The molecule has 1 unspecified atom stereocenters. The Morgan fingerprint density at radius 3 is 2.26 bits per heavy atom. The van der Waals surface area contributed by atoms with Crippen LogP contribution >= 0.6 is 0 Å². The Bertz CT molecular complexity index is 1610. The highest BCUT2D eigenvalue weighted by atomic mass is 16.1. The monoisotopic (exact) mass is 616 g/mol. The summed E-state index contributed by atoms with van der Waals surface area (Å²) in [7, 11) is 0. The van der Waals surface area contributed by atoms with Gasteiger partial charge >= 0.3 is 0 Å². The number of rotatable bonds is 9. The van der Waals surface area contributed by atoms with Crippen LogP contribution in [0.15, 0.2) is 91.0 Å². The van der Waals surface area contributed by atoms with Gasteiger partial charge in [-0.2, -0.15) is 0 Å². The Morgan fingerprint density at radius 2 is 1.59 bits per heavy atom. The molecular weight excluding hydrogens is 564 g/mol. The smallest absolute Gasteiger partial charge is 0.173 e. The van der Waals surface area contributed by atoms with E-state index >= 15 is 0 Å². The number of ketones is 2. The molecule has 1 saturated carbocycles. The first kappa shape index (κ1) is 36.4. The van der Waals surface area contributed by atoms with Gasteiger partial charge < -0.3 is 0 Å². The summed E-state index contributed by atoms with van der Waals surface area (Å²) in [6.07, 6.45) is 13.0. The standard InChI is InChI=1S/C25H30O.C17H18O2.CH4/c1-5-20-7-6-8-22(15-20)19(4)24-16-23(14-11-18(24)3)25(26)21-12-9-17(2)10-13-21;1-3-14-9-13(8-7-12(14)2)10-15-5-4-6-16(11-18)17(15)19;/h6-8,11,14-17,21H,4-5,9-10,12-13H2,1-3H3;4-9,11,15H,3,10H2,1-2H3;1H4. The molecule has 0 aromatic heterocycles. The first-order chi connectivity index (χ1) is 21.6. The molecule has 2 aliphatic rings. The molecule has 3 aromatic carbocycles. The highest BCUT2D eigenvalue weighted by molar-refractivity contribution is 6.14. The van der Waals surface area contributed by atoms with E-state index in [-0.39, 0.29) is 30.6 Å². The molecule has 2 aliphatic carbocycles. The zero-order valence-corrected chi connectivity index (χ0v) is 27.7. The summed E-state index contributed by atoms with van der Waals surface area (Å²) >= 11 is 0. The zero-order chi connectivity index (χ0) is 32.5. The van der Waals surface area contributed by atoms with E-state index in [2.05, 4.69) is 95.8 Å². The summed E-state index contributed by atoms with van der Waals surface area (Å²) in [6, 6.07) is 21.0. The molecule has 3 nitrogen and oxygen atoms in total. The average molecular weight is 617 g/mol. The molecule has 0 aliphatic heterocycles. The first-order valence-corrected chi connectivity index (χ1v) is 16.5. The molecule has 3 aromatic rings. The minimum Gasteiger partial charge on any atom is -0.298 e. The van der Waals surface area contributed by atoms with Crippen LogP contribution in [0.25, 0.3) is 5.57 Å². The summed E-state index contributed by atoms with van der Waals surface area (Å²) < 4.78 is 0. The van der Waals surface area contributed by atoms with E-state index in [1.54, 1.807) is 12.2 Å². The Morgan fingerprint density at radius 1 is 0.870 bits per heavy atom.